The third-order valence-electron chi connectivity index (χ3n) is 9.89. The lowest BCUT2D eigenvalue weighted by Gasteiger charge is -2.32. The van der Waals surface area contributed by atoms with E-state index in [4.69, 9.17) is 18.9 Å². The van der Waals surface area contributed by atoms with Crippen LogP contribution in [0, 0.1) is 17.2 Å². The zero-order chi connectivity index (χ0) is 39.2. The van der Waals surface area contributed by atoms with Crippen LogP contribution in [0.15, 0.2) is 82.7 Å². The van der Waals surface area contributed by atoms with Crippen molar-refractivity contribution in [3.05, 3.63) is 99.3 Å². The van der Waals surface area contributed by atoms with Crippen LogP contribution in [0.25, 0.3) is 11.1 Å². The van der Waals surface area contributed by atoms with Crippen molar-refractivity contribution in [1.29, 1.82) is 5.26 Å². The molecule has 3 aromatic carbocycles. The number of fused-ring (bicyclic) bond motifs is 4. The summed E-state index contributed by atoms with van der Waals surface area (Å²) in [7, 11) is 0. The van der Waals surface area contributed by atoms with Crippen LogP contribution in [0.3, 0.4) is 0 Å². The maximum absolute atomic E-state index is 13.7. The molecule has 55 heavy (non-hydrogen) atoms. The first-order chi connectivity index (χ1) is 26.6. The third kappa shape index (κ3) is 8.28. The molecule has 3 aliphatic rings. The van der Waals surface area contributed by atoms with E-state index in [9.17, 15) is 34.3 Å². The van der Waals surface area contributed by atoms with E-state index in [0.717, 1.165) is 22.3 Å². The number of likely N-dealkylation sites (tertiary alicyclic amines) is 1. The average molecular weight is 815 g/mol. The molecule has 13 nitrogen and oxygen atoms in total. The number of benzene rings is 3. The van der Waals surface area contributed by atoms with Gasteiger partial charge >= 0.3 is 17.9 Å². The summed E-state index contributed by atoms with van der Waals surface area (Å²) in [4.78, 5) is 67.7. The van der Waals surface area contributed by atoms with Crippen molar-refractivity contribution in [2.75, 3.05) is 32.9 Å². The Morgan fingerprint density at radius 3 is 2.27 bits per heavy atom. The van der Waals surface area contributed by atoms with E-state index in [1.807, 2.05) is 54.6 Å². The summed E-state index contributed by atoms with van der Waals surface area (Å²) in [5.41, 5.74) is 4.47. The van der Waals surface area contributed by atoms with Gasteiger partial charge in [-0.05, 0) is 54.3 Å². The number of aliphatic hydroxyl groups excluding tert-OH is 1. The normalized spacial score (nSPS) is 18.9. The molecule has 6 rings (SSSR count). The fourth-order valence-electron chi connectivity index (χ4n) is 7.44. The average Bonchev–Trinajstić information content (AvgIpc) is 3.73. The lowest BCUT2D eigenvalue weighted by molar-refractivity contribution is -0.147. The van der Waals surface area contributed by atoms with Gasteiger partial charge in [-0.25, -0.2) is 4.79 Å². The van der Waals surface area contributed by atoms with Crippen molar-refractivity contribution in [3.8, 4) is 22.9 Å². The Morgan fingerprint density at radius 1 is 0.945 bits per heavy atom. The van der Waals surface area contributed by atoms with Crippen LogP contribution >= 0.6 is 15.9 Å². The van der Waals surface area contributed by atoms with Crippen molar-refractivity contribution < 1.29 is 48.0 Å². The maximum Gasteiger partial charge on any atom is 0.340 e. The molecule has 3 aromatic rings. The van der Waals surface area contributed by atoms with Crippen LogP contribution < -0.4 is 10.1 Å². The highest BCUT2D eigenvalue weighted by molar-refractivity contribution is 9.10. The Morgan fingerprint density at radius 2 is 1.62 bits per heavy atom. The second kappa shape index (κ2) is 17.3. The Bertz CT molecular complexity index is 2030. The summed E-state index contributed by atoms with van der Waals surface area (Å²) < 4.78 is 22.8. The van der Waals surface area contributed by atoms with Crippen LogP contribution in [-0.4, -0.2) is 84.7 Å². The Balaban J connectivity index is 1.13. The number of hydrogen-bond donors (Lipinski definition) is 2. The standard InChI is InChI=1S/C41H40BrN3O10/c1-3-52-40(50)30(19-43)37-29-17-23(42)13-14-34(29)55-39(38(37)41(51)53-4-2)44-20-33(47)32-18-24(46)21-45(32)35(48)15-16-36(49)54-22-31-27-11-7-5-9-25(27)26-10-6-8-12-28(26)31/h5-14,17,24,30-32,37,44,46H,3-4,15-16,18,20-22H2,1-2H3/t24-,30?,32+,37?/m1/s1. The van der Waals surface area contributed by atoms with Crippen LogP contribution in [0.1, 0.15) is 61.6 Å². The van der Waals surface area contributed by atoms with Gasteiger partial charge in [0.25, 0.3) is 0 Å². The Hall–Kier alpha value is -5.52. The summed E-state index contributed by atoms with van der Waals surface area (Å²) in [6.45, 7) is 2.70. The highest BCUT2D eigenvalue weighted by atomic mass is 79.9. The molecule has 0 saturated carbocycles. The van der Waals surface area contributed by atoms with E-state index < -0.39 is 60.1 Å². The van der Waals surface area contributed by atoms with Gasteiger partial charge in [0.2, 0.25) is 11.8 Å². The van der Waals surface area contributed by atoms with Crippen molar-refractivity contribution >= 4 is 45.5 Å². The first-order valence-electron chi connectivity index (χ1n) is 18.1. The van der Waals surface area contributed by atoms with E-state index in [-0.39, 0.29) is 68.8 Å². The SMILES string of the molecule is CCOC(=O)C1=C(NCC(=O)[C@@H]2C[C@@H](O)CN2C(=O)CCC(=O)OCC2c3ccccc3-c3ccccc32)Oc2ccc(Br)cc2C1C(C#N)C(=O)OCC. The molecule has 2 heterocycles. The minimum Gasteiger partial charge on any atom is -0.465 e. The second-order valence-corrected chi connectivity index (χ2v) is 14.2. The van der Waals surface area contributed by atoms with Crippen molar-refractivity contribution in [2.45, 2.75) is 57.1 Å². The number of ketones is 1. The number of ether oxygens (including phenoxy) is 4. The Labute approximate surface area is 326 Å². The molecule has 14 heteroatoms. The van der Waals surface area contributed by atoms with Gasteiger partial charge in [0.1, 0.15) is 17.9 Å². The number of β-amino-alcohol motifs (C(OH)–C–C–N with tert-alkyl or cyclic N) is 1. The first kappa shape index (κ1) is 39.2. The number of carbonyl (C=O) groups is 5. The summed E-state index contributed by atoms with van der Waals surface area (Å²) in [5.74, 6) is -6.08. The molecular formula is C41H40BrN3O10. The number of amides is 1. The lowest BCUT2D eigenvalue weighted by atomic mass is 9.79. The van der Waals surface area contributed by atoms with Gasteiger partial charge in [-0.3, -0.25) is 19.2 Å². The minimum absolute atomic E-state index is 0.00219. The molecule has 1 amide bonds. The highest BCUT2D eigenvalue weighted by Crippen LogP contribution is 2.46. The predicted octanol–water partition coefficient (Wildman–Crippen LogP) is 4.66. The van der Waals surface area contributed by atoms with Crippen LogP contribution in [0.5, 0.6) is 5.75 Å². The summed E-state index contributed by atoms with van der Waals surface area (Å²) in [6.07, 6.45) is -1.48. The topological polar surface area (TPSA) is 182 Å². The smallest absolute Gasteiger partial charge is 0.340 e. The van der Waals surface area contributed by atoms with E-state index in [0.29, 0.717) is 10.0 Å². The number of rotatable bonds is 14. The summed E-state index contributed by atoms with van der Waals surface area (Å²) >= 11 is 3.39. The molecule has 4 atom stereocenters. The molecule has 1 fully saturated rings. The molecule has 0 aromatic heterocycles. The predicted molar refractivity (Wildman–Crippen MR) is 200 cm³/mol. The van der Waals surface area contributed by atoms with Crippen molar-refractivity contribution in [3.63, 3.8) is 0 Å². The van der Waals surface area contributed by atoms with E-state index in [1.165, 1.54) is 4.90 Å². The summed E-state index contributed by atoms with van der Waals surface area (Å²) in [5, 5.41) is 23.5. The fraction of sp³-hybridized carbons (Fsp3) is 0.366. The fourth-order valence-corrected chi connectivity index (χ4v) is 7.82. The van der Waals surface area contributed by atoms with E-state index in [1.54, 1.807) is 32.0 Å². The largest absolute Gasteiger partial charge is 0.465 e. The number of hydrogen-bond acceptors (Lipinski definition) is 12. The molecule has 2 N–H and O–H groups in total. The maximum atomic E-state index is 13.7. The zero-order valence-electron chi connectivity index (χ0n) is 30.3. The number of nitrogens with zero attached hydrogens (tertiary/aromatic N) is 2. The third-order valence-corrected chi connectivity index (χ3v) is 10.4. The number of nitriles is 1. The van der Waals surface area contributed by atoms with Gasteiger partial charge in [-0.1, -0.05) is 64.5 Å². The summed E-state index contributed by atoms with van der Waals surface area (Å²) in [6, 6.07) is 21.7. The molecule has 286 valence electrons. The van der Waals surface area contributed by atoms with E-state index >= 15 is 0 Å². The molecule has 0 spiro atoms. The molecule has 0 radical (unpaired) electrons. The van der Waals surface area contributed by atoms with Gasteiger partial charge in [0, 0.05) is 35.3 Å². The minimum atomic E-state index is -1.47. The molecule has 2 aliphatic heterocycles. The van der Waals surface area contributed by atoms with Gasteiger partial charge in [-0.15, -0.1) is 0 Å². The van der Waals surface area contributed by atoms with Gasteiger partial charge in [-0.2, -0.15) is 5.26 Å². The first-order valence-corrected chi connectivity index (χ1v) is 18.9. The highest BCUT2D eigenvalue weighted by Gasteiger charge is 2.45. The second-order valence-electron chi connectivity index (χ2n) is 13.3. The van der Waals surface area contributed by atoms with Gasteiger partial charge < -0.3 is 34.3 Å². The number of Topliss-reactive ketones (excluding diaryl/α,β-unsaturated/α-hetero) is 1. The Kier molecular flexibility index (Phi) is 12.3. The zero-order valence-corrected chi connectivity index (χ0v) is 31.9. The lowest BCUT2D eigenvalue weighted by Crippen LogP contribution is -2.45. The van der Waals surface area contributed by atoms with Crippen LogP contribution in [0.2, 0.25) is 0 Å². The number of esters is 3. The van der Waals surface area contributed by atoms with Gasteiger partial charge in [0.15, 0.2) is 11.7 Å². The quantitative estimate of drug-likeness (QED) is 0.170. The monoisotopic (exact) mass is 813 g/mol. The van der Waals surface area contributed by atoms with Gasteiger partial charge in [0.05, 0.1) is 50.3 Å². The molecule has 2 unspecified atom stereocenters. The number of halogens is 1. The molecular weight excluding hydrogens is 774 g/mol. The number of nitrogens with one attached hydrogen (secondary N) is 1. The van der Waals surface area contributed by atoms with Crippen molar-refractivity contribution in [2.24, 2.45) is 5.92 Å². The molecule has 1 aliphatic carbocycles. The van der Waals surface area contributed by atoms with Crippen LogP contribution in [-0.2, 0) is 38.2 Å². The van der Waals surface area contributed by atoms with Crippen LogP contribution in [0.4, 0.5) is 0 Å². The number of carbonyl (C=O) groups excluding carboxylic acids is 5. The van der Waals surface area contributed by atoms with E-state index in [2.05, 4.69) is 21.2 Å². The molecule has 0 bridgehead atoms. The molecule has 1 saturated heterocycles. The number of aliphatic hydroxyl groups is 1. The van der Waals surface area contributed by atoms with Crippen molar-refractivity contribution in [1.82, 2.24) is 10.2 Å².